The van der Waals surface area contributed by atoms with Gasteiger partial charge < -0.3 is 9.52 Å². The summed E-state index contributed by atoms with van der Waals surface area (Å²) in [5, 5.41) is 12.4. The Hall–Kier alpha value is -2.65. The zero-order valence-electron chi connectivity index (χ0n) is 10.4. The number of hydrogen-bond acceptors (Lipinski definition) is 6. The average Bonchev–Trinajstić information content (AvgIpc) is 2.88. The zero-order valence-corrected chi connectivity index (χ0v) is 11.2. The van der Waals surface area contributed by atoms with Crippen LogP contribution in [0.25, 0.3) is 0 Å². The van der Waals surface area contributed by atoms with Crippen LogP contribution in [0.3, 0.4) is 0 Å². The number of benzene rings is 1. The molecule has 0 bridgehead atoms. The molecule has 0 saturated heterocycles. The van der Waals surface area contributed by atoms with E-state index in [9.17, 15) is 18.3 Å². The first-order chi connectivity index (χ1) is 9.88. The van der Waals surface area contributed by atoms with Gasteiger partial charge in [0.05, 0.1) is 11.8 Å². The van der Waals surface area contributed by atoms with Gasteiger partial charge in [-0.15, -0.1) is 0 Å². The van der Waals surface area contributed by atoms with Gasteiger partial charge in [-0.2, -0.15) is 13.5 Å². The summed E-state index contributed by atoms with van der Waals surface area (Å²) in [6, 6.07) is 8.19. The van der Waals surface area contributed by atoms with E-state index in [-0.39, 0.29) is 17.1 Å². The molecule has 2 rings (SSSR count). The number of amides is 1. The lowest BCUT2D eigenvalue weighted by molar-refractivity contribution is 0.0952. The molecule has 0 spiro atoms. The Labute approximate surface area is 119 Å². The van der Waals surface area contributed by atoms with Crippen molar-refractivity contribution in [3.8, 4) is 5.75 Å². The van der Waals surface area contributed by atoms with E-state index in [4.69, 9.17) is 8.97 Å². The van der Waals surface area contributed by atoms with Crippen LogP contribution in [0.5, 0.6) is 5.75 Å². The summed E-state index contributed by atoms with van der Waals surface area (Å²) in [5.41, 5.74) is 2.17. The highest BCUT2D eigenvalue weighted by Crippen LogP contribution is 2.15. The average molecular weight is 310 g/mol. The van der Waals surface area contributed by atoms with Gasteiger partial charge in [-0.3, -0.25) is 9.35 Å². The molecule has 0 fully saturated rings. The monoisotopic (exact) mass is 310 g/mol. The van der Waals surface area contributed by atoms with Crippen LogP contribution in [-0.2, 0) is 10.1 Å². The van der Waals surface area contributed by atoms with Crippen LogP contribution >= 0.6 is 0 Å². The molecule has 0 radical (unpaired) electrons. The van der Waals surface area contributed by atoms with E-state index in [1.165, 1.54) is 18.2 Å². The summed E-state index contributed by atoms with van der Waals surface area (Å²) >= 11 is 0. The molecule has 0 saturated carbocycles. The van der Waals surface area contributed by atoms with Crippen LogP contribution in [0, 0.1) is 0 Å². The highest BCUT2D eigenvalue weighted by molar-refractivity contribution is 7.85. The Balaban J connectivity index is 2.05. The number of rotatable bonds is 4. The number of nitrogens with one attached hydrogen (secondary N) is 1. The standard InChI is InChI=1S/C12H10N2O6S/c15-10-4-2-1-3-9(10)12(16)14-13-7-8-5-6-11(20-8)21(17,18)19/h1-7,15H,(H,14,16)(H,17,18,19). The minimum absolute atomic E-state index is 0.0141. The SMILES string of the molecule is O=C(NN=Cc1ccc(S(=O)(=O)O)o1)c1ccccc1O. The number of carbonyl (C=O) groups is 1. The zero-order chi connectivity index (χ0) is 15.5. The predicted molar refractivity (Wildman–Crippen MR) is 71.7 cm³/mol. The highest BCUT2D eigenvalue weighted by atomic mass is 32.2. The molecule has 0 aliphatic carbocycles. The van der Waals surface area contributed by atoms with Gasteiger partial charge in [0, 0.05) is 0 Å². The number of hydrazone groups is 1. The summed E-state index contributed by atoms with van der Waals surface area (Å²) in [7, 11) is -4.42. The Morgan fingerprint density at radius 1 is 1.24 bits per heavy atom. The van der Waals surface area contributed by atoms with E-state index in [0.717, 1.165) is 12.3 Å². The lowest BCUT2D eigenvalue weighted by atomic mass is 10.2. The molecular weight excluding hydrogens is 300 g/mol. The molecule has 0 aliphatic heterocycles. The maximum atomic E-state index is 11.7. The number of para-hydroxylation sites is 1. The first-order valence-corrected chi connectivity index (χ1v) is 7.00. The summed E-state index contributed by atoms with van der Waals surface area (Å²) in [4.78, 5) is 11.7. The quantitative estimate of drug-likeness (QED) is 0.439. The van der Waals surface area contributed by atoms with Gasteiger partial charge in [0.2, 0.25) is 5.09 Å². The van der Waals surface area contributed by atoms with Crippen molar-refractivity contribution in [2.75, 3.05) is 0 Å². The Bertz CT molecular complexity index is 794. The minimum atomic E-state index is -4.42. The summed E-state index contributed by atoms with van der Waals surface area (Å²) < 4.78 is 35.0. The van der Waals surface area contributed by atoms with Crippen LogP contribution in [0.1, 0.15) is 16.1 Å². The van der Waals surface area contributed by atoms with E-state index >= 15 is 0 Å². The number of hydrogen-bond donors (Lipinski definition) is 3. The third-order valence-corrected chi connectivity index (χ3v) is 3.09. The third kappa shape index (κ3) is 3.68. The fraction of sp³-hybridized carbons (Fsp3) is 0. The molecule has 3 N–H and O–H groups in total. The van der Waals surface area contributed by atoms with Gasteiger partial charge in [0.1, 0.15) is 11.5 Å². The lowest BCUT2D eigenvalue weighted by Crippen LogP contribution is -2.17. The van der Waals surface area contributed by atoms with Crippen molar-refractivity contribution in [2.24, 2.45) is 5.10 Å². The molecule has 110 valence electrons. The van der Waals surface area contributed by atoms with Gasteiger partial charge >= 0.3 is 10.1 Å². The Morgan fingerprint density at radius 2 is 1.95 bits per heavy atom. The number of aromatic hydroxyl groups is 1. The first kappa shape index (κ1) is 14.8. The van der Waals surface area contributed by atoms with Gasteiger partial charge in [-0.05, 0) is 24.3 Å². The molecule has 9 heteroatoms. The van der Waals surface area contributed by atoms with Crippen molar-refractivity contribution in [3.05, 3.63) is 47.7 Å². The van der Waals surface area contributed by atoms with E-state index in [2.05, 4.69) is 10.5 Å². The molecule has 0 atom stereocenters. The van der Waals surface area contributed by atoms with Gasteiger partial charge in [0.25, 0.3) is 5.91 Å². The van der Waals surface area contributed by atoms with Crippen LogP contribution in [0.4, 0.5) is 0 Å². The topological polar surface area (TPSA) is 129 Å². The van der Waals surface area contributed by atoms with Gasteiger partial charge in [-0.1, -0.05) is 12.1 Å². The Morgan fingerprint density at radius 3 is 2.57 bits per heavy atom. The molecule has 0 unspecified atom stereocenters. The fourth-order valence-corrected chi connectivity index (χ4v) is 1.86. The maximum absolute atomic E-state index is 11.7. The van der Waals surface area contributed by atoms with Crippen molar-refractivity contribution in [1.82, 2.24) is 5.43 Å². The van der Waals surface area contributed by atoms with Crippen LogP contribution in [-0.4, -0.2) is 30.2 Å². The molecule has 0 aliphatic rings. The maximum Gasteiger partial charge on any atom is 0.328 e. The number of carbonyl (C=O) groups excluding carboxylic acids is 1. The van der Waals surface area contributed by atoms with Crippen LogP contribution < -0.4 is 5.43 Å². The molecule has 2 aromatic rings. The molecular formula is C12H10N2O6S. The second-order valence-corrected chi connectivity index (χ2v) is 5.20. The number of furan rings is 1. The van der Waals surface area contributed by atoms with Crippen molar-refractivity contribution in [2.45, 2.75) is 5.09 Å². The molecule has 1 heterocycles. The highest BCUT2D eigenvalue weighted by Gasteiger charge is 2.14. The van der Waals surface area contributed by atoms with Crippen molar-refractivity contribution in [1.29, 1.82) is 0 Å². The van der Waals surface area contributed by atoms with E-state index in [1.807, 2.05) is 0 Å². The summed E-state index contributed by atoms with van der Waals surface area (Å²) in [5.74, 6) is -0.831. The number of phenolic OH excluding ortho intramolecular Hbond substituents is 1. The second kappa shape index (κ2) is 5.77. The van der Waals surface area contributed by atoms with Gasteiger partial charge in [-0.25, -0.2) is 5.43 Å². The lowest BCUT2D eigenvalue weighted by Gasteiger charge is -2.01. The summed E-state index contributed by atoms with van der Waals surface area (Å²) in [6.45, 7) is 0. The second-order valence-electron chi connectivity index (χ2n) is 3.85. The van der Waals surface area contributed by atoms with Crippen LogP contribution in [0.2, 0.25) is 0 Å². The largest absolute Gasteiger partial charge is 0.507 e. The van der Waals surface area contributed by atoms with E-state index < -0.39 is 21.1 Å². The van der Waals surface area contributed by atoms with Crippen molar-refractivity contribution in [3.63, 3.8) is 0 Å². The predicted octanol–water partition coefficient (Wildman–Crippen LogP) is 0.996. The first-order valence-electron chi connectivity index (χ1n) is 5.56. The number of phenols is 1. The van der Waals surface area contributed by atoms with Crippen molar-refractivity contribution < 1.29 is 27.3 Å². The molecule has 21 heavy (non-hydrogen) atoms. The van der Waals surface area contributed by atoms with Gasteiger partial charge in [0.15, 0.2) is 0 Å². The molecule has 1 amide bonds. The minimum Gasteiger partial charge on any atom is -0.507 e. The van der Waals surface area contributed by atoms with Crippen molar-refractivity contribution >= 4 is 22.2 Å². The normalized spacial score (nSPS) is 11.7. The number of nitrogens with zero attached hydrogens (tertiary/aromatic N) is 1. The fourth-order valence-electron chi connectivity index (χ4n) is 1.42. The Kier molecular flexibility index (Phi) is 4.05. The molecule has 1 aromatic carbocycles. The van der Waals surface area contributed by atoms with E-state index in [1.54, 1.807) is 12.1 Å². The van der Waals surface area contributed by atoms with Crippen LogP contribution in [0.15, 0.2) is 51.0 Å². The summed E-state index contributed by atoms with van der Waals surface area (Å²) in [6.07, 6.45) is 1.05. The molecule has 8 nitrogen and oxygen atoms in total. The molecule has 1 aromatic heterocycles. The van der Waals surface area contributed by atoms with E-state index in [0.29, 0.717) is 0 Å². The smallest absolute Gasteiger partial charge is 0.328 e. The third-order valence-electron chi connectivity index (χ3n) is 2.36.